The number of hydrogen-bond acceptors (Lipinski definition) is 9. The van der Waals surface area contributed by atoms with Crippen LogP contribution >= 0.6 is 23.5 Å². The fourth-order valence-electron chi connectivity index (χ4n) is 3.05. The zero-order chi connectivity index (χ0) is 20.9. The molecule has 1 fully saturated rings. The van der Waals surface area contributed by atoms with Crippen molar-refractivity contribution in [3.8, 4) is 0 Å². The van der Waals surface area contributed by atoms with Gasteiger partial charge in [-0.05, 0) is 17.7 Å². The Hall–Kier alpha value is -2.84. The van der Waals surface area contributed by atoms with E-state index in [0.717, 1.165) is 9.20 Å². The molecule has 2 aromatic heterocycles. The molecule has 2 aromatic rings. The Morgan fingerprint density at radius 1 is 1.28 bits per heavy atom. The van der Waals surface area contributed by atoms with Gasteiger partial charge in [0.25, 0.3) is 0 Å². The number of thioether (sulfide) groups is 2. The summed E-state index contributed by atoms with van der Waals surface area (Å²) in [5, 5.41) is 26.5. The minimum absolute atomic E-state index is 0.0551. The van der Waals surface area contributed by atoms with Crippen LogP contribution in [-0.2, 0) is 20.9 Å². The summed E-state index contributed by atoms with van der Waals surface area (Å²) in [6.45, 7) is -0.579. The summed E-state index contributed by atoms with van der Waals surface area (Å²) in [6, 6.07) is 2.43. The normalized spacial score (nSPS) is 21.3. The zero-order valence-electron chi connectivity index (χ0n) is 14.6. The summed E-state index contributed by atoms with van der Waals surface area (Å²) in [6.07, 6.45) is 0. The molecule has 0 saturated carbocycles. The number of nitrogens with two attached hydrogens (primary N) is 1. The molecule has 0 bridgehead atoms. The number of carbonyl (C=O) groups is 3. The summed E-state index contributed by atoms with van der Waals surface area (Å²) in [4.78, 5) is 47.9. The first-order chi connectivity index (χ1) is 13.8. The molecule has 152 valence electrons. The maximum Gasteiger partial charge on any atom is 0.367 e. The first kappa shape index (κ1) is 19.5. The van der Waals surface area contributed by atoms with E-state index >= 15 is 0 Å². The van der Waals surface area contributed by atoms with Crippen LogP contribution < -0.4 is 11.4 Å². The molecule has 14 heteroatoms. The van der Waals surface area contributed by atoms with Crippen LogP contribution in [0.3, 0.4) is 0 Å². The van der Waals surface area contributed by atoms with Gasteiger partial charge in [0, 0.05) is 11.5 Å². The van der Waals surface area contributed by atoms with Gasteiger partial charge >= 0.3 is 17.6 Å². The average molecular weight is 438 g/mol. The van der Waals surface area contributed by atoms with Crippen molar-refractivity contribution in [1.29, 1.82) is 0 Å². The second kappa shape index (κ2) is 7.20. The molecule has 1 saturated heterocycles. The van der Waals surface area contributed by atoms with Crippen LogP contribution in [0.4, 0.5) is 0 Å². The van der Waals surface area contributed by atoms with Crippen LogP contribution in [0.25, 0.3) is 5.65 Å². The van der Waals surface area contributed by atoms with Crippen LogP contribution in [-0.4, -0.2) is 75.3 Å². The van der Waals surface area contributed by atoms with Crippen molar-refractivity contribution in [2.24, 2.45) is 5.73 Å². The van der Waals surface area contributed by atoms with Gasteiger partial charge in [0.05, 0.1) is 0 Å². The highest BCUT2D eigenvalue weighted by Gasteiger charge is 2.51. The molecule has 2 aliphatic heterocycles. The second-order valence-corrected chi connectivity index (χ2v) is 8.36. The lowest BCUT2D eigenvalue weighted by Gasteiger charge is -2.48. The van der Waals surface area contributed by atoms with E-state index in [1.165, 1.54) is 34.5 Å². The summed E-state index contributed by atoms with van der Waals surface area (Å²) in [5.74, 6) is -2.15. The lowest BCUT2D eigenvalue weighted by atomic mass is 10.0. The Kier molecular flexibility index (Phi) is 4.84. The van der Waals surface area contributed by atoms with Crippen LogP contribution in [0.5, 0.6) is 0 Å². The summed E-state index contributed by atoms with van der Waals surface area (Å²) < 4.78 is 1.78. The molecule has 2 aliphatic rings. The largest absolute Gasteiger partial charge is 0.480 e. The van der Waals surface area contributed by atoms with Crippen molar-refractivity contribution in [1.82, 2.24) is 24.3 Å². The first-order valence-electron chi connectivity index (χ1n) is 8.25. The molecule has 0 aliphatic carbocycles. The lowest BCUT2D eigenvalue weighted by Crippen LogP contribution is -2.68. The molecular formula is C15H14N6O6S2. The number of carboxylic acids is 2. The smallest absolute Gasteiger partial charge is 0.367 e. The average Bonchev–Trinajstić information content (AvgIpc) is 2.99. The van der Waals surface area contributed by atoms with E-state index in [-0.39, 0.29) is 22.5 Å². The molecule has 1 amide bonds. The molecule has 4 heterocycles. The Morgan fingerprint density at radius 3 is 2.72 bits per heavy atom. The third kappa shape index (κ3) is 3.28. The molecule has 0 aromatic carbocycles. The highest BCUT2D eigenvalue weighted by atomic mass is 32.2. The maximum atomic E-state index is 12.2. The van der Waals surface area contributed by atoms with Crippen molar-refractivity contribution in [3.63, 3.8) is 0 Å². The number of aromatic nitrogens is 4. The summed E-state index contributed by atoms with van der Waals surface area (Å²) in [5.41, 5.74) is 5.74. The molecule has 0 spiro atoms. The minimum atomic E-state index is -1.20. The number of rotatable bonds is 6. The topological polar surface area (TPSA) is 173 Å². The fourth-order valence-corrected chi connectivity index (χ4v) is 5.34. The fraction of sp³-hybridized carbons (Fsp3) is 0.333. The van der Waals surface area contributed by atoms with Gasteiger partial charge in [-0.15, -0.1) is 28.6 Å². The summed E-state index contributed by atoms with van der Waals surface area (Å²) in [7, 11) is 0. The number of fused-ring (bicyclic) bond motifs is 2. The van der Waals surface area contributed by atoms with Crippen molar-refractivity contribution >= 4 is 47.0 Å². The molecular weight excluding hydrogens is 424 g/mol. The Bertz CT molecular complexity index is 1140. The maximum absolute atomic E-state index is 12.2. The minimum Gasteiger partial charge on any atom is -0.480 e. The van der Waals surface area contributed by atoms with E-state index in [2.05, 4.69) is 10.2 Å². The number of amides is 1. The predicted molar refractivity (Wildman–Crippen MR) is 101 cm³/mol. The van der Waals surface area contributed by atoms with Crippen LogP contribution in [0.15, 0.2) is 33.2 Å². The highest BCUT2D eigenvalue weighted by molar-refractivity contribution is 8.01. The zero-order valence-corrected chi connectivity index (χ0v) is 16.2. The Labute approximate surface area is 170 Å². The molecule has 29 heavy (non-hydrogen) atoms. The van der Waals surface area contributed by atoms with Gasteiger partial charge < -0.3 is 15.9 Å². The quantitative estimate of drug-likeness (QED) is 0.359. The summed E-state index contributed by atoms with van der Waals surface area (Å²) >= 11 is 2.60. The van der Waals surface area contributed by atoms with Crippen molar-refractivity contribution in [2.45, 2.75) is 23.0 Å². The Balaban J connectivity index is 1.58. The van der Waals surface area contributed by atoms with E-state index in [1.807, 2.05) is 0 Å². The standard InChI is InChI=1S/C15H14N6O6S2/c16-10-12(24)20-11(14(25)26)6(5-29-13(10)20)4-28-8-2-1-7-17-19(3-9(22)23)15(27)21(7)18-8/h1-2,10,13H,3-5,16H2,(H,22,23)(H,25,26)/t10?,13-/m0/s1. The number of carboxylic acid groups (broad SMARTS) is 2. The number of β-lactam (4-membered cyclic amide) rings is 1. The van der Waals surface area contributed by atoms with Gasteiger partial charge in [-0.25, -0.2) is 9.59 Å². The molecule has 4 rings (SSSR count). The third-order valence-electron chi connectivity index (χ3n) is 4.39. The van der Waals surface area contributed by atoms with Crippen LogP contribution in [0.2, 0.25) is 0 Å². The van der Waals surface area contributed by atoms with Gasteiger partial charge in [-0.3, -0.25) is 14.5 Å². The third-order valence-corrected chi connectivity index (χ3v) is 6.75. The second-order valence-electron chi connectivity index (χ2n) is 6.26. The van der Waals surface area contributed by atoms with Crippen molar-refractivity contribution in [3.05, 3.63) is 33.9 Å². The van der Waals surface area contributed by atoms with E-state index in [9.17, 15) is 24.3 Å². The number of nitrogens with zero attached hydrogens (tertiary/aromatic N) is 5. The molecule has 1 unspecified atom stereocenters. The van der Waals surface area contributed by atoms with E-state index in [4.69, 9.17) is 10.8 Å². The van der Waals surface area contributed by atoms with E-state index in [0.29, 0.717) is 16.4 Å². The SMILES string of the molecule is NC1C(=O)N2C(C(=O)O)=C(CSc3ccc4nn(CC(=O)O)c(=O)n4n3)CS[C@@H]12. The number of carbonyl (C=O) groups excluding carboxylic acids is 1. The number of hydrogen-bond donors (Lipinski definition) is 3. The van der Waals surface area contributed by atoms with E-state index < -0.39 is 36.1 Å². The van der Waals surface area contributed by atoms with Gasteiger partial charge in [0.15, 0.2) is 5.65 Å². The van der Waals surface area contributed by atoms with Crippen LogP contribution in [0.1, 0.15) is 0 Å². The van der Waals surface area contributed by atoms with Gasteiger partial charge in [0.2, 0.25) is 5.91 Å². The first-order valence-corrected chi connectivity index (χ1v) is 10.3. The molecule has 12 nitrogen and oxygen atoms in total. The number of aliphatic carboxylic acids is 2. The molecule has 4 N–H and O–H groups in total. The highest BCUT2D eigenvalue weighted by Crippen LogP contribution is 2.40. The Morgan fingerprint density at radius 2 is 2.03 bits per heavy atom. The predicted octanol–water partition coefficient (Wildman–Crippen LogP) is -1.35. The molecule has 2 atom stereocenters. The van der Waals surface area contributed by atoms with E-state index in [1.54, 1.807) is 6.07 Å². The van der Waals surface area contributed by atoms with Crippen molar-refractivity contribution in [2.75, 3.05) is 11.5 Å². The van der Waals surface area contributed by atoms with Gasteiger partial charge in [-0.2, -0.15) is 14.3 Å². The lowest BCUT2D eigenvalue weighted by molar-refractivity contribution is -0.147. The monoisotopic (exact) mass is 438 g/mol. The van der Waals surface area contributed by atoms with Crippen LogP contribution in [0, 0.1) is 0 Å². The van der Waals surface area contributed by atoms with Crippen molar-refractivity contribution < 1.29 is 24.6 Å². The van der Waals surface area contributed by atoms with Gasteiger partial charge in [-0.1, -0.05) is 0 Å². The molecule has 0 radical (unpaired) electrons. The van der Waals surface area contributed by atoms with Gasteiger partial charge in [0.1, 0.15) is 28.7 Å².